The van der Waals surface area contributed by atoms with Crippen LogP contribution in [-0.2, 0) is 4.79 Å². The van der Waals surface area contributed by atoms with Crippen molar-refractivity contribution >= 4 is 65.6 Å². The Morgan fingerprint density at radius 2 is 1.65 bits per heavy atom. The maximum atomic E-state index is 9.82. The number of carbonyl (C=O) groups is 1. The molecule has 0 saturated heterocycles. The van der Waals surface area contributed by atoms with Gasteiger partial charge in [0, 0.05) is 6.22 Å². The molecule has 0 amide bonds. The van der Waals surface area contributed by atoms with Gasteiger partial charge in [-0.2, -0.15) is 20.6 Å². The van der Waals surface area contributed by atoms with E-state index in [-0.39, 0.29) is 5.52 Å². The molecule has 11 heteroatoms. The molecule has 0 aromatic carbocycles. The van der Waals surface area contributed by atoms with Gasteiger partial charge in [0.2, 0.25) is 0 Å². The molecule has 0 fully saturated rings. The van der Waals surface area contributed by atoms with E-state index in [0.717, 1.165) is 0 Å². The van der Waals surface area contributed by atoms with Gasteiger partial charge in [0.05, 0.1) is 12.4 Å². The van der Waals surface area contributed by atoms with Crippen LogP contribution in [-0.4, -0.2) is 36.3 Å². The first-order valence-corrected chi connectivity index (χ1v) is 9.66. The molecule has 2 heterocycles. The van der Waals surface area contributed by atoms with Crippen LogP contribution in [0.5, 0.6) is 0 Å². The van der Waals surface area contributed by atoms with E-state index in [1.807, 2.05) is 0 Å². The van der Waals surface area contributed by atoms with Crippen LogP contribution in [0.3, 0.4) is 0 Å². The van der Waals surface area contributed by atoms with Gasteiger partial charge in [-0.1, -0.05) is 0 Å². The van der Waals surface area contributed by atoms with Gasteiger partial charge in [-0.25, -0.2) is 0 Å². The summed E-state index contributed by atoms with van der Waals surface area (Å²) in [6, 6.07) is 0. The van der Waals surface area contributed by atoms with E-state index in [2.05, 4.69) is 84.7 Å². The smallest absolute Gasteiger partial charge is 0.162 e. The van der Waals surface area contributed by atoms with E-state index in [1.165, 1.54) is 0 Å². The zero-order chi connectivity index (χ0) is 13.1. The summed E-state index contributed by atoms with van der Waals surface area (Å²) >= 11 is 8.28. The van der Waals surface area contributed by atoms with Gasteiger partial charge in [-0.05, 0) is 60.8 Å². The van der Waals surface area contributed by atoms with Gasteiger partial charge in [-0.15, -0.1) is 10.2 Å². The minimum absolute atomic E-state index is 0.269. The SMILES string of the molecule is Brc1n[nH]nc1Br.CC(=O)PI.c1cn[nH]n1. The van der Waals surface area contributed by atoms with E-state index >= 15 is 0 Å². The van der Waals surface area contributed by atoms with Crippen molar-refractivity contribution in [1.29, 1.82) is 0 Å². The molecule has 1 unspecified atom stereocenters. The van der Waals surface area contributed by atoms with Crippen molar-refractivity contribution < 1.29 is 4.79 Å². The summed E-state index contributed by atoms with van der Waals surface area (Å²) in [7, 11) is 0. The van der Waals surface area contributed by atoms with Crippen LogP contribution < -0.4 is 0 Å². The summed E-state index contributed by atoms with van der Waals surface area (Å²) in [6.45, 7) is 1.59. The summed E-state index contributed by atoms with van der Waals surface area (Å²) in [5.41, 5.74) is 0.269. The van der Waals surface area contributed by atoms with Crippen molar-refractivity contribution in [1.82, 2.24) is 30.8 Å². The van der Waals surface area contributed by atoms with Crippen LogP contribution in [0.2, 0.25) is 0 Å². The van der Waals surface area contributed by atoms with E-state index < -0.39 is 0 Å². The summed E-state index contributed by atoms with van der Waals surface area (Å²) in [6.07, 6.45) is 3.61. The van der Waals surface area contributed by atoms with Crippen LogP contribution in [0, 0.1) is 0 Å². The molecule has 0 saturated carbocycles. The highest BCUT2D eigenvalue weighted by Crippen LogP contribution is 2.19. The fourth-order valence-electron chi connectivity index (χ4n) is 0.372. The highest BCUT2D eigenvalue weighted by Gasteiger charge is 1.95. The molecule has 0 aliphatic carbocycles. The topological polar surface area (TPSA) is 100 Å². The Hall–Kier alpha value is 0.0700. The normalized spacial score (nSPS) is 9.18. The molecule has 2 aromatic rings. The molecule has 0 aliphatic heterocycles. The fraction of sp³-hybridized carbons (Fsp3) is 0.167. The average molecular weight is 498 g/mol. The van der Waals surface area contributed by atoms with Crippen LogP contribution in [0.15, 0.2) is 21.6 Å². The van der Waals surface area contributed by atoms with Gasteiger partial charge in [-0.3, -0.25) is 4.79 Å². The molecule has 0 bridgehead atoms. The van der Waals surface area contributed by atoms with Crippen molar-refractivity contribution in [3.63, 3.8) is 0 Å². The minimum Gasteiger partial charge on any atom is -0.294 e. The molecule has 17 heavy (non-hydrogen) atoms. The van der Waals surface area contributed by atoms with E-state index in [1.54, 1.807) is 19.3 Å². The molecule has 1 atom stereocenters. The van der Waals surface area contributed by atoms with E-state index in [0.29, 0.717) is 15.4 Å². The largest absolute Gasteiger partial charge is 0.294 e. The summed E-state index contributed by atoms with van der Waals surface area (Å²) < 4.78 is 1.40. The zero-order valence-electron chi connectivity index (χ0n) is 8.49. The lowest BCUT2D eigenvalue weighted by atomic mass is 10.9. The quantitative estimate of drug-likeness (QED) is 0.466. The third-order valence-electron chi connectivity index (χ3n) is 0.931. The first kappa shape index (κ1) is 17.1. The maximum absolute atomic E-state index is 9.82. The molecule has 0 spiro atoms. The van der Waals surface area contributed by atoms with Gasteiger partial charge in [0.15, 0.2) is 14.7 Å². The second-order valence-corrected chi connectivity index (χ2v) is 6.23. The second kappa shape index (κ2) is 11.2. The monoisotopic (exact) mass is 496 g/mol. The number of H-pyrrole nitrogens is 2. The highest BCUT2D eigenvalue weighted by molar-refractivity contribution is 14.2. The van der Waals surface area contributed by atoms with Gasteiger partial charge in [0.25, 0.3) is 0 Å². The van der Waals surface area contributed by atoms with E-state index in [4.69, 9.17) is 0 Å². The van der Waals surface area contributed by atoms with Crippen molar-refractivity contribution in [2.75, 3.05) is 0 Å². The Balaban J connectivity index is 0.000000232. The second-order valence-electron chi connectivity index (χ2n) is 2.21. The van der Waals surface area contributed by atoms with Crippen LogP contribution in [0.1, 0.15) is 6.92 Å². The Labute approximate surface area is 129 Å². The number of halogens is 3. The van der Waals surface area contributed by atoms with Crippen LogP contribution >= 0.6 is 60.1 Å². The Morgan fingerprint density at radius 1 is 1.24 bits per heavy atom. The lowest BCUT2D eigenvalue weighted by Gasteiger charge is -1.69. The maximum Gasteiger partial charge on any atom is 0.162 e. The minimum atomic E-state index is 0.269. The summed E-state index contributed by atoms with van der Waals surface area (Å²) in [4.78, 5) is 9.82. The zero-order valence-corrected chi connectivity index (χ0v) is 14.8. The molecule has 2 aromatic heterocycles. The molecule has 0 radical (unpaired) electrons. The Kier molecular flexibility index (Phi) is 11.2. The number of aromatic amines is 2. The number of carbonyl (C=O) groups excluding carboxylic acids is 1. The van der Waals surface area contributed by atoms with Crippen LogP contribution in [0.4, 0.5) is 0 Å². The third-order valence-corrected chi connectivity index (χ3v) is 5.11. The van der Waals surface area contributed by atoms with Crippen molar-refractivity contribution in [2.45, 2.75) is 6.92 Å². The van der Waals surface area contributed by atoms with E-state index in [9.17, 15) is 4.79 Å². The molecular formula is C6H8Br2IN6OP. The summed E-state index contributed by atoms with van der Waals surface area (Å²) in [5, 5.41) is 19.0. The molecule has 2 N–H and O–H groups in total. The van der Waals surface area contributed by atoms with Gasteiger partial charge in [0.1, 0.15) is 0 Å². The molecule has 94 valence electrons. The fourth-order valence-corrected chi connectivity index (χ4v) is 0.708. The standard InChI is InChI=1S/C2HBr2N3.C2H4IOP.C2H3N3/c3-1-2(4)6-7-5-1;1-2(4)5-3;1-2-4-5-3-1/h(H,5,6,7);5H,1H3;1-2H,(H,3,4,5). The Bertz CT molecular complexity index is 377. The lowest BCUT2D eigenvalue weighted by Crippen LogP contribution is -1.64. The molecule has 7 nitrogen and oxygen atoms in total. The number of hydrogen-bond donors (Lipinski definition) is 2. The lowest BCUT2D eigenvalue weighted by molar-refractivity contribution is -0.109. The molecule has 0 aliphatic rings. The Morgan fingerprint density at radius 3 is 1.76 bits per heavy atom. The van der Waals surface area contributed by atoms with Crippen LogP contribution in [0.25, 0.3) is 0 Å². The van der Waals surface area contributed by atoms with Crippen molar-refractivity contribution in [3.8, 4) is 0 Å². The number of nitrogens with zero attached hydrogens (tertiary/aromatic N) is 4. The summed E-state index contributed by atoms with van der Waals surface area (Å²) in [5.74, 6) is 0. The predicted octanol–water partition coefficient (Wildman–Crippen LogP) is 2.70. The molecular weight excluding hydrogens is 490 g/mol. The number of rotatable bonds is 1. The third kappa shape index (κ3) is 10.9. The number of aromatic nitrogens is 6. The first-order valence-electron chi connectivity index (χ1n) is 3.96. The molecule has 2 rings (SSSR count). The van der Waals surface area contributed by atoms with Gasteiger partial charge >= 0.3 is 0 Å². The highest BCUT2D eigenvalue weighted by atomic mass is 127. The van der Waals surface area contributed by atoms with Crippen molar-refractivity contribution in [2.24, 2.45) is 0 Å². The van der Waals surface area contributed by atoms with Crippen molar-refractivity contribution in [3.05, 3.63) is 21.6 Å². The van der Waals surface area contributed by atoms with Gasteiger partial charge < -0.3 is 0 Å². The number of hydrogen-bond acceptors (Lipinski definition) is 5. The average Bonchev–Trinajstić information content (AvgIpc) is 2.96. The predicted molar refractivity (Wildman–Crippen MR) is 81.2 cm³/mol. The first-order chi connectivity index (χ1) is 8.07. The number of nitrogens with one attached hydrogen (secondary N) is 2.